The summed E-state index contributed by atoms with van der Waals surface area (Å²) in [6, 6.07) is 0. The molecule has 0 saturated carbocycles. The van der Waals surface area contributed by atoms with E-state index in [1.165, 1.54) is 17.6 Å². The largest absolute Gasteiger partial charge is 0.337 e. The molecule has 1 unspecified atom stereocenters. The molecule has 5 nitrogen and oxygen atoms in total. The topological polar surface area (TPSA) is 67.3 Å². The normalized spacial score (nSPS) is 21.2. The number of likely N-dealkylation sites (tertiary alicyclic amines) is 1. The first-order chi connectivity index (χ1) is 8.89. The van der Waals surface area contributed by atoms with Gasteiger partial charge < -0.3 is 4.90 Å². The molecule has 2 heterocycles. The molecule has 7 heteroatoms. The lowest BCUT2D eigenvalue weighted by molar-refractivity contribution is 0.0766. The van der Waals surface area contributed by atoms with E-state index in [9.17, 15) is 13.2 Å². The lowest BCUT2D eigenvalue weighted by atomic mass is 10.2. The Morgan fingerprint density at radius 3 is 2.79 bits per heavy atom. The van der Waals surface area contributed by atoms with E-state index in [0.717, 1.165) is 18.5 Å². The smallest absolute Gasteiger partial charge is 0.265 e. The zero-order valence-electron chi connectivity index (χ0n) is 11.1. The number of sulfone groups is 1. The summed E-state index contributed by atoms with van der Waals surface area (Å²) in [5.41, 5.74) is 2.36. The molecule has 1 saturated heterocycles. The van der Waals surface area contributed by atoms with Gasteiger partial charge in [0.25, 0.3) is 5.91 Å². The summed E-state index contributed by atoms with van der Waals surface area (Å²) in [6.45, 7) is 2.73. The zero-order valence-corrected chi connectivity index (χ0v) is 12.8. The Balaban J connectivity index is 2.19. The van der Waals surface area contributed by atoms with Crippen LogP contribution in [0.1, 0.15) is 34.6 Å². The predicted octanol–water partition coefficient (Wildman–Crippen LogP) is 1.49. The Kier molecular flexibility index (Phi) is 4.25. The first kappa shape index (κ1) is 14.5. The van der Waals surface area contributed by atoms with Gasteiger partial charge in [0.1, 0.15) is 4.88 Å². The monoisotopic (exact) mass is 302 g/mol. The van der Waals surface area contributed by atoms with Crippen LogP contribution in [0.25, 0.3) is 0 Å². The minimum Gasteiger partial charge on any atom is -0.337 e. The zero-order chi connectivity index (χ0) is 14.0. The van der Waals surface area contributed by atoms with Gasteiger partial charge in [-0.15, -0.1) is 11.3 Å². The van der Waals surface area contributed by atoms with Crippen molar-refractivity contribution in [1.82, 2.24) is 9.88 Å². The van der Waals surface area contributed by atoms with Gasteiger partial charge >= 0.3 is 0 Å². The highest BCUT2D eigenvalue weighted by Gasteiger charge is 2.29. The maximum absolute atomic E-state index is 12.4. The second kappa shape index (κ2) is 5.58. The molecule has 0 N–H and O–H groups in total. The van der Waals surface area contributed by atoms with Gasteiger partial charge in [0.05, 0.1) is 16.5 Å². The maximum atomic E-state index is 12.4. The maximum Gasteiger partial charge on any atom is 0.265 e. The fourth-order valence-electron chi connectivity index (χ4n) is 2.29. The molecular formula is C12H18N2O3S2. The second-order valence-electron chi connectivity index (χ2n) is 4.97. The molecule has 2 rings (SSSR count). The lowest BCUT2D eigenvalue weighted by Gasteiger charge is -2.23. The number of hydrogen-bond acceptors (Lipinski definition) is 5. The van der Waals surface area contributed by atoms with E-state index < -0.39 is 15.1 Å². The van der Waals surface area contributed by atoms with Crippen LogP contribution in [0.4, 0.5) is 0 Å². The first-order valence-corrected chi connectivity index (χ1v) is 9.11. The number of thiazole rings is 1. The van der Waals surface area contributed by atoms with E-state index in [1.807, 2.05) is 0 Å². The van der Waals surface area contributed by atoms with Gasteiger partial charge in [0.2, 0.25) is 0 Å². The Bertz CT molecular complexity index is 565. The van der Waals surface area contributed by atoms with Crippen LogP contribution in [0.2, 0.25) is 0 Å². The van der Waals surface area contributed by atoms with Crippen molar-refractivity contribution in [2.45, 2.75) is 31.4 Å². The molecule has 1 aromatic heterocycles. The number of carbonyl (C=O) groups excluding carboxylic acids is 1. The second-order valence-corrected chi connectivity index (χ2v) is 8.15. The third kappa shape index (κ3) is 3.33. The quantitative estimate of drug-likeness (QED) is 0.830. The molecule has 1 aromatic rings. The molecular weight excluding hydrogens is 284 g/mol. The average Bonchev–Trinajstić information content (AvgIpc) is 2.62. The van der Waals surface area contributed by atoms with Crippen molar-refractivity contribution in [3.63, 3.8) is 0 Å². The fraction of sp³-hybridized carbons (Fsp3) is 0.667. The fourth-order valence-corrected chi connectivity index (χ4v) is 4.10. The van der Waals surface area contributed by atoms with Gasteiger partial charge in [-0.25, -0.2) is 13.4 Å². The Hall–Kier alpha value is -0.950. The van der Waals surface area contributed by atoms with Crippen LogP contribution in [-0.4, -0.2) is 48.8 Å². The van der Waals surface area contributed by atoms with Gasteiger partial charge in [0.15, 0.2) is 9.84 Å². The van der Waals surface area contributed by atoms with Crippen LogP contribution in [0.15, 0.2) is 5.51 Å². The number of aryl methyl sites for hydroxylation is 1. The SMILES string of the molecule is Cc1ncsc1C(=O)N1CCCCC(S(C)(=O)=O)C1. The van der Waals surface area contributed by atoms with Crippen LogP contribution < -0.4 is 0 Å². The number of rotatable bonds is 2. The standard InChI is InChI=1S/C12H18N2O3S2/c1-9-11(18-8-13-9)12(15)14-6-4-3-5-10(7-14)19(2,16)17/h8,10H,3-7H2,1-2H3. The van der Waals surface area contributed by atoms with Gasteiger partial charge in [-0.05, 0) is 19.8 Å². The molecule has 0 spiro atoms. The van der Waals surface area contributed by atoms with Gasteiger partial charge in [-0.2, -0.15) is 0 Å². The predicted molar refractivity (Wildman–Crippen MR) is 75.2 cm³/mol. The lowest BCUT2D eigenvalue weighted by Crippen LogP contribution is -2.39. The number of hydrogen-bond donors (Lipinski definition) is 0. The third-order valence-electron chi connectivity index (χ3n) is 3.46. The van der Waals surface area contributed by atoms with Gasteiger partial charge in [-0.3, -0.25) is 4.79 Å². The summed E-state index contributed by atoms with van der Waals surface area (Å²) in [6.07, 6.45) is 3.60. The molecule has 0 radical (unpaired) electrons. The van der Waals surface area contributed by atoms with Crippen LogP contribution >= 0.6 is 11.3 Å². The molecule has 0 aliphatic carbocycles. The molecule has 0 bridgehead atoms. The van der Waals surface area contributed by atoms with Crippen molar-refractivity contribution in [2.75, 3.05) is 19.3 Å². The van der Waals surface area contributed by atoms with Crippen LogP contribution in [0, 0.1) is 6.92 Å². The Morgan fingerprint density at radius 2 is 2.21 bits per heavy atom. The molecule has 1 aliphatic rings. The summed E-state index contributed by atoms with van der Waals surface area (Å²) >= 11 is 1.32. The third-order valence-corrected chi connectivity index (χ3v) is 5.97. The molecule has 1 atom stereocenters. The van der Waals surface area contributed by atoms with E-state index in [1.54, 1.807) is 17.3 Å². The highest BCUT2D eigenvalue weighted by atomic mass is 32.2. The molecule has 0 aromatic carbocycles. The van der Waals surface area contributed by atoms with E-state index in [-0.39, 0.29) is 5.91 Å². The van der Waals surface area contributed by atoms with Crippen LogP contribution in [0.3, 0.4) is 0 Å². The minimum atomic E-state index is -3.10. The minimum absolute atomic E-state index is 0.0875. The molecule has 106 valence electrons. The van der Waals surface area contributed by atoms with Crippen molar-refractivity contribution in [3.05, 3.63) is 16.1 Å². The van der Waals surface area contributed by atoms with E-state index in [4.69, 9.17) is 0 Å². The van der Waals surface area contributed by atoms with Crippen LogP contribution in [-0.2, 0) is 9.84 Å². The number of nitrogens with zero attached hydrogens (tertiary/aromatic N) is 2. The summed E-state index contributed by atoms with van der Waals surface area (Å²) in [7, 11) is -3.10. The first-order valence-electron chi connectivity index (χ1n) is 6.28. The summed E-state index contributed by atoms with van der Waals surface area (Å²) in [4.78, 5) is 18.8. The van der Waals surface area contributed by atoms with E-state index in [0.29, 0.717) is 24.4 Å². The summed E-state index contributed by atoms with van der Waals surface area (Å²) < 4.78 is 23.4. The van der Waals surface area contributed by atoms with E-state index in [2.05, 4.69) is 4.98 Å². The van der Waals surface area contributed by atoms with Gasteiger partial charge in [0, 0.05) is 19.3 Å². The highest BCUT2D eigenvalue weighted by molar-refractivity contribution is 7.91. The summed E-state index contributed by atoms with van der Waals surface area (Å²) in [5, 5.41) is -0.438. The Morgan fingerprint density at radius 1 is 1.47 bits per heavy atom. The Labute approximate surface area is 117 Å². The van der Waals surface area contributed by atoms with Gasteiger partial charge in [-0.1, -0.05) is 6.42 Å². The van der Waals surface area contributed by atoms with Crippen LogP contribution in [0.5, 0.6) is 0 Å². The number of carbonyl (C=O) groups is 1. The molecule has 19 heavy (non-hydrogen) atoms. The average molecular weight is 302 g/mol. The van der Waals surface area contributed by atoms with Crippen molar-refractivity contribution < 1.29 is 13.2 Å². The highest BCUT2D eigenvalue weighted by Crippen LogP contribution is 2.21. The van der Waals surface area contributed by atoms with Crippen molar-refractivity contribution >= 4 is 27.1 Å². The summed E-state index contributed by atoms with van der Waals surface area (Å²) in [5.74, 6) is -0.0875. The molecule has 1 amide bonds. The number of amides is 1. The van der Waals surface area contributed by atoms with Crippen molar-refractivity contribution in [3.8, 4) is 0 Å². The van der Waals surface area contributed by atoms with Crippen molar-refractivity contribution in [1.29, 1.82) is 0 Å². The van der Waals surface area contributed by atoms with Crippen molar-refractivity contribution in [2.24, 2.45) is 0 Å². The molecule has 1 aliphatic heterocycles. The molecule has 1 fully saturated rings. The number of aromatic nitrogens is 1. The van der Waals surface area contributed by atoms with E-state index >= 15 is 0 Å².